The molecule has 1 aromatic heterocycles. The lowest BCUT2D eigenvalue weighted by atomic mass is 10.1. The van der Waals surface area contributed by atoms with E-state index in [9.17, 15) is 4.79 Å². The molecule has 0 aromatic carbocycles. The number of aromatic nitrogens is 2. The monoisotopic (exact) mass is 263 g/mol. The van der Waals surface area contributed by atoms with Gasteiger partial charge in [-0.1, -0.05) is 0 Å². The molecule has 104 valence electrons. The van der Waals surface area contributed by atoms with Crippen LogP contribution in [-0.2, 0) is 11.3 Å². The maximum atomic E-state index is 12.6. The Labute approximate surface area is 113 Å². The van der Waals surface area contributed by atoms with Crippen LogP contribution in [0.2, 0.25) is 0 Å². The summed E-state index contributed by atoms with van der Waals surface area (Å²) >= 11 is 0. The molecule has 1 amide bonds. The predicted molar refractivity (Wildman–Crippen MR) is 71.5 cm³/mol. The topological polar surface area (TPSA) is 64.3 Å². The van der Waals surface area contributed by atoms with Crippen molar-refractivity contribution in [2.24, 2.45) is 0 Å². The van der Waals surface area contributed by atoms with Crippen LogP contribution in [0.25, 0.3) is 0 Å². The number of carbonyl (C=O) groups is 1. The minimum absolute atomic E-state index is 0.0569. The Bertz CT molecular complexity index is 413. The van der Waals surface area contributed by atoms with Gasteiger partial charge < -0.3 is 15.2 Å². The van der Waals surface area contributed by atoms with Gasteiger partial charge in [0.1, 0.15) is 0 Å². The number of piperazine rings is 1. The predicted octanol–water partition coefficient (Wildman–Crippen LogP) is -0.194. The van der Waals surface area contributed by atoms with Crippen molar-refractivity contribution in [3.05, 3.63) is 18.2 Å². The largest absolute Gasteiger partial charge is 0.347 e. The van der Waals surface area contributed by atoms with Crippen LogP contribution in [-0.4, -0.2) is 64.4 Å². The first-order chi connectivity index (χ1) is 9.34. The highest BCUT2D eigenvalue weighted by Crippen LogP contribution is 2.21. The summed E-state index contributed by atoms with van der Waals surface area (Å²) in [6.45, 7) is 5.31. The Morgan fingerprint density at radius 2 is 2.21 bits per heavy atom. The molecule has 2 N–H and O–H groups in total. The average Bonchev–Trinajstić information content (AvgIpc) is 3.11. The van der Waals surface area contributed by atoms with Crippen LogP contribution < -0.4 is 5.32 Å². The normalized spacial score (nSPS) is 24.8. The van der Waals surface area contributed by atoms with E-state index in [1.54, 1.807) is 6.33 Å². The van der Waals surface area contributed by atoms with Crippen molar-refractivity contribution in [1.82, 2.24) is 25.1 Å². The number of amides is 1. The molecule has 1 unspecified atom stereocenters. The molecule has 6 heteroatoms. The molecule has 19 heavy (non-hydrogen) atoms. The SMILES string of the molecule is O=C(C1CCCN1Cc1cnc[nH]1)N1CCNCC1. The number of H-pyrrole nitrogens is 1. The fraction of sp³-hybridized carbons (Fsp3) is 0.692. The lowest BCUT2D eigenvalue weighted by molar-refractivity contribution is -0.136. The van der Waals surface area contributed by atoms with Crippen molar-refractivity contribution in [2.75, 3.05) is 32.7 Å². The minimum atomic E-state index is 0.0569. The third kappa shape index (κ3) is 2.79. The van der Waals surface area contributed by atoms with E-state index in [1.165, 1.54) is 0 Å². The zero-order chi connectivity index (χ0) is 13.1. The van der Waals surface area contributed by atoms with E-state index >= 15 is 0 Å². The van der Waals surface area contributed by atoms with Crippen molar-refractivity contribution >= 4 is 5.91 Å². The molecule has 3 heterocycles. The molecule has 6 nitrogen and oxygen atoms in total. The Morgan fingerprint density at radius 1 is 1.37 bits per heavy atom. The van der Waals surface area contributed by atoms with Gasteiger partial charge in [-0.05, 0) is 19.4 Å². The summed E-state index contributed by atoms with van der Waals surface area (Å²) in [7, 11) is 0. The first-order valence-electron chi connectivity index (χ1n) is 7.05. The van der Waals surface area contributed by atoms with E-state index in [0.29, 0.717) is 5.91 Å². The molecule has 2 saturated heterocycles. The van der Waals surface area contributed by atoms with Crippen LogP contribution in [0.3, 0.4) is 0 Å². The number of likely N-dealkylation sites (tertiary alicyclic amines) is 1. The molecule has 1 atom stereocenters. The number of nitrogens with one attached hydrogen (secondary N) is 2. The highest BCUT2D eigenvalue weighted by atomic mass is 16.2. The molecule has 0 radical (unpaired) electrons. The lowest BCUT2D eigenvalue weighted by Crippen LogP contribution is -2.52. The van der Waals surface area contributed by atoms with Gasteiger partial charge >= 0.3 is 0 Å². The van der Waals surface area contributed by atoms with Crippen LogP contribution in [0, 0.1) is 0 Å². The molecule has 0 spiro atoms. The van der Waals surface area contributed by atoms with Crippen LogP contribution in [0.1, 0.15) is 18.5 Å². The van der Waals surface area contributed by atoms with Gasteiger partial charge in [-0.3, -0.25) is 9.69 Å². The fourth-order valence-electron chi connectivity index (χ4n) is 2.98. The number of hydrogen-bond acceptors (Lipinski definition) is 4. The molecule has 0 saturated carbocycles. The summed E-state index contributed by atoms with van der Waals surface area (Å²) in [5.41, 5.74) is 1.08. The molecular weight excluding hydrogens is 242 g/mol. The third-order valence-corrected chi connectivity index (χ3v) is 4.01. The molecule has 0 bridgehead atoms. The summed E-state index contributed by atoms with van der Waals surface area (Å²) in [4.78, 5) is 24.0. The van der Waals surface area contributed by atoms with E-state index < -0.39 is 0 Å². The van der Waals surface area contributed by atoms with Gasteiger partial charge in [-0.25, -0.2) is 4.98 Å². The minimum Gasteiger partial charge on any atom is -0.347 e. The first kappa shape index (κ1) is 12.6. The van der Waals surface area contributed by atoms with Crippen molar-refractivity contribution < 1.29 is 4.79 Å². The molecule has 0 aliphatic carbocycles. The van der Waals surface area contributed by atoms with E-state index in [2.05, 4.69) is 20.2 Å². The summed E-state index contributed by atoms with van der Waals surface area (Å²) in [5.74, 6) is 0.304. The Balaban J connectivity index is 1.63. The highest BCUT2D eigenvalue weighted by molar-refractivity contribution is 5.82. The second kappa shape index (κ2) is 5.71. The number of rotatable bonds is 3. The molecule has 3 rings (SSSR count). The Hall–Kier alpha value is -1.40. The van der Waals surface area contributed by atoms with E-state index in [1.807, 2.05) is 11.1 Å². The lowest BCUT2D eigenvalue weighted by Gasteiger charge is -2.32. The fourth-order valence-corrected chi connectivity index (χ4v) is 2.98. The number of carbonyl (C=O) groups excluding carboxylic acids is 1. The average molecular weight is 263 g/mol. The Kier molecular flexibility index (Phi) is 3.79. The van der Waals surface area contributed by atoms with Crippen molar-refractivity contribution in [3.8, 4) is 0 Å². The van der Waals surface area contributed by atoms with Gasteiger partial charge in [-0.15, -0.1) is 0 Å². The molecule has 2 fully saturated rings. The number of imidazole rings is 1. The maximum Gasteiger partial charge on any atom is 0.240 e. The van der Waals surface area contributed by atoms with Crippen molar-refractivity contribution in [1.29, 1.82) is 0 Å². The van der Waals surface area contributed by atoms with Gasteiger partial charge in [0.15, 0.2) is 0 Å². The summed E-state index contributed by atoms with van der Waals surface area (Å²) in [6, 6.07) is 0.0569. The van der Waals surface area contributed by atoms with Gasteiger partial charge in [0.05, 0.1) is 12.4 Å². The van der Waals surface area contributed by atoms with Crippen molar-refractivity contribution in [3.63, 3.8) is 0 Å². The Morgan fingerprint density at radius 3 is 2.95 bits per heavy atom. The van der Waals surface area contributed by atoms with Crippen molar-refractivity contribution in [2.45, 2.75) is 25.4 Å². The summed E-state index contributed by atoms with van der Waals surface area (Å²) in [6.07, 6.45) is 5.62. The molecule has 2 aliphatic rings. The summed E-state index contributed by atoms with van der Waals surface area (Å²) in [5, 5.41) is 3.29. The quantitative estimate of drug-likeness (QED) is 0.793. The maximum absolute atomic E-state index is 12.6. The third-order valence-electron chi connectivity index (χ3n) is 4.01. The van der Waals surface area contributed by atoms with Gasteiger partial charge in [0.2, 0.25) is 5.91 Å². The van der Waals surface area contributed by atoms with Crippen LogP contribution in [0.4, 0.5) is 0 Å². The highest BCUT2D eigenvalue weighted by Gasteiger charge is 2.34. The van der Waals surface area contributed by atoms with Crippen LogP contribution >= 0.6 is 0 Å². The number of aromatic amines is 1. The standard InChI is InChI=1S/C13H21N5O/c19-13(17-6-3-14-4-7-17)12-2-1-5-18(12)9-11-8-15-10-16-11/h8,10,12,14H,1-7,9H2,(H,15,16). The van der Waals surface area contributed by atoms with E-state index in [4.69, 9.17) is 0 Å². The van der Waals surface area contributed by atoms with E-state index in [0.717, 1.165) is 57.8 Å². The van der Waals surface area contributed by atoms with Crippen LogP contribution in [0.5, 0.6) is 0 Å². The second-order valence-corrected chi connectivity index (χ2v) is 5.28. The molecule has 1 aromatic rings. The number of hydrogen-bond donors (Lipinski definition) is 2. The van der Waals surface area contributed by atoms with Gasteiger partial charge in [-0.2, -0.15) is 0 Å². The molecular formula is C13H21N5O. The number of nitrogens with zero attached hydrogens (tertiary/aromatic N) is 3. The zero-order valence-electron chi connectivity index (χ0n) is 11.1. The van der Waals surface area contributed by atoms with E-state index in [-0.39, 0.29) is 6.04 Å². The van der Waals surface area contributed by atoms with Gasteiger partial charge in [0, 0.05) is 44.6 Å². The second-order valence-electron chi connectivity index (χ2n) is 5.28. The summed E-state index contributed by atoms with van der Waals surface area (Å²) < 4.78 is 0. The van der Waals surface area contributed by atoms with Crippen LogP contribution in [0.15, 0.2) is 12.5 Å². The zero-order valence-corrected chi connectivity index (χ0v) is 11.1. The smallest absolute Gasteiger partial charge is 0.240 e. The first-order valence-corrected chi connectivity index (χ1v) is 7.05. The van der Waals surface area contributed by atoms with Gasteiger partial charge in [0.25, 0.3) is 0 Å². The molecule has 2 aliphatic heterocycles.